The van der Waals surface area contributed by atoms with Gasteiger partial charge >= 0.3 is 0 Å². The summed E-state index contributed by atoms with van der Waals surface area (Å²) in [6.45, 7) is 4.95. The highest BCUT2D eigenvalue weighted by molar-refractivity contribution is 5.89. The minimum absolute atomic E-state index is 0.336. The van der Waals surface area contributed by atoms with Crippen molar-refractivity contribution in [3.63, 3.8) is 0 Å². The normalized spacial score (nSPS) is 12.7. The second-order valence-corrected chi connectivity index (χ2v) is 4.74. The van der Waals surface area contributed by atoms with Crippen LogP contribution in [0.15, 0.2) is 23.2 Å². The van der Waals surface area contributed by atoms with Crippen molar-refractivity contribution < 1.29 is 0 Å². The average Bonchev–Trinajstić information content (AvgIpc) is 2.87. The van der Waals surface area contributed by atoms with E-state index in [2.05, 4.69) is 40.9 Å². The summed E-state index contributed by atoms with van der Waals surface area (Å²) >= 11 is 0. The molecule has 3 rings (SSSR count). The first-order chi connectivity index (χ1) is 9.19. The molecule has 4 heteroatoms. The molecule has 2 aromatic rings. The third kappa shape index (κ3) is 1.99. The molecule has 0 saturated carbocycles. The van der Waals surface area contributed by atoms with Gasteiger partial charge in [-0.15, -0.1) is 0 Å². The molecule has 1 aromatic heterocycles. The number of aryl methyl sites for hydroxylation is 1. The average molecular weight is 252 g/mol. The molecule has 19 heavy (non-hydrogen) atoms. The van der Waals surface area contributed by atoms with Crippen LogP contribution in [0, 0.1) is 6.92 Å². The van der Waals surface area contributed by atoms with Gasteiger partial charge in [-0.25, -0.2) is 9.97 Å². The highest BCUT2D eigenvalue weighted by atomic mass is 15.0. The lowest BCUT2D eigenvalue weighted by Gasteiger charge is -2.10. The van der Waals surface area contributed by atoms with Gasteiger partial charge in [0.15, 0.2) is 0 Å². The van der Waals surface area contributed by atoms with Crippen LogP contribution >= 0.6 is 0 Å². The molecule has 0 radical (unpaired) electrons. The van der Waals surface area contributed by atoms with Crippen molar-refractivity contribution in [2.45, 2.75) is 26.8 Å². The van der Waals surface area contributed by atoms with Crippen LogP contribution in [0.3, 0.4) is 0 Å². The molecule has 1 aromatic carbocycles. The maximum absolute atomic E-state index is 5.79. The van der Waals surface area contributed by atoms with Gasteiger partial charge in [-0.05, 0) is 30.5 Å². The lowest BCUT2D eigenvalue weighted by molar-refractivity contribution is 1.01. The molecule has 0 amide bonds. The summed E-state index contributed by atoms with van der Waals surface area (Å²) in [6, 6.07) is 6.23. The zero-order valence-corrected chi connectivity index (χ0v) is 11.1. The number of nitrogens with two attached hydrogens (primary N) is 1. The summed E-state index contributed by atoms with van der Waals surface area (Å²) in [5, 5.41) is 0. The van der Waals surface area contributed by atoms with Gasteiger partial charge < -0.3 is 5.73 Å². The Morgan fingerprint density at radius 2 is 2.11 bits per heavy atom. The molecule has 0 atom stereocenters. The highest BCUT2D eigenvalue weighted by Crippen LogP contribution is 2.29. The van der Waals surface area contributed by atoms with Crippen LogP contribution < -0.4 is 5.73 Å². The molecular formula is C15H16N4. The molecule has 0 saturated heterocycles. The van der Waals surface area contributed by atoms with E-state index in [0.29, 0.717) is 5.95 Å². The quantitative estimate of drug-likeness (QED) is 0.893. The van der Waals surface area contributed by atoms with Crippen molar-refractivity contribution in [2.24, 2.45) is 4.99 Å². The predicted octanol–water partition coefficient (Wildman–Crippen LogP) is 2.53. The molecule has 0 aliphatic carbocycles. The van der Waals surface area contributed by atoms with E-state index in [1.165, 1.54) is 16.7 Å². The second-order valence-electron chi connectivity index (χ2n) is 4.74. The van der Waals surface area contributed by atoms with Crippen LogP contribution in [0.1, 0.15) is 29.3 Å². The maximum Gasteiger partial charge on any atom is 0.220 e. The Labute approximate surface area is 112 Å². The number of rotatable bonds is 2. The largest absolute Gasteiger partial charge is 0.368 e. The third-order valence-electron chi connectivity index (χ3n) is 3.52. The first-order valence-corrected chi connectivity index (χ1v) is 6.45. The van der Waals surface area contributed by atoms with Crippen molar-refractivity contribution in [2.75, 3.05) is 5.73 Å². The van der Waals surface area contributed by atoms with Crippen LogP contribution in [0.4, 0.5) is 5.95 Å². The van der Waals surface area contributed by atoms with Crippen LogP contribution in [0.5, 0.6) is 0 Å². The van der Waals surface area contributed by atoms with E-state index in [0.717, 1.165) is 29.9 Å². The first kappa shape index (κ1) is 11.8. The Hall–Kier alpha value is -2.23. The SMILES string of the molecule is CCc1cc(-c2ccc3c(c2C)C=NC3)nc(N)n1. The van der Waals surface area contributed by atoms with Crippen molar-refractivity contribution in [1.29, 1.82) is 0 Å². The van der Waals surface area contributed by atoms with Gasteiger partial charge in [-0.1, -0.05) is 19.1 Å². The zero-order valence-electron chi connectivity index (χ0n) is 11.1. The number of aromatic nitrogens is 2. The zero-order chi connectivity index (χ0) is 13.4. The van der Waals surface area contributed by atoms with Crippen LogP contribution in [0.25, 0.3) is 11.3 Å². The second kappa shape index (κ2) is 4.46. The number of fused-ring (bicyclic) bond motifs is 1. The van der Waals surface area contributed by atoms with Crippen LogP contribution in [0.2, 0.25) is 0 Å². The summed E-state index contributed by atoms with van der Waals surface area (Å²) < 4.78 is 0. The molecule has 1 aliphatic heterocycles. The third-order valence-corrected chi connectivity index (χ3v) is 3.52. The molecule has 0 fully saturated rings. The van der Waals surface area contributed by atoms with Gasteiger partial charge in [0.05, 0.1) is 12.2 Å². The van der Waals surface area contributed by atoms with Crippen molar-refractivity contribution in [3.8, 4) is 11.3 Å². The molecule has 4 nitrogen and oxygen atoms in total. The Kier molecular flexibility index (Phi) is 2.78. The number of nitrogens with zero attached hydrogens (tertiary/aromatic N) is 3. The molecular weight excluding hydrogens is 236 g/mol. The summed E-state index contributed by atoms with van der Waals surface area (Å²) in [5.41, 5.74) is 12.5. The fourth-order valence-electron chi connectivity index (χ4n) is 2.45. The molecule has 2 N–H and O–H groups in total. The smallest absolute Gasteiger partial charge is 0.220 e. The topological polar surface area (TPSA) is 64.2 Å². The summed E-state index contributed by atoms with van der Waals surface area (Å²) in [6.07, 6.45) is 2.80. The fraction of sp³-hybridized carbons (Fsp3) is 0.267. The van der Waals surface area contributed by atoms with Crippen LogP contribution in [-0.2, 0) is 13.0 Å². The monoisotopic (exact) mass is 252 g/mol. The van der Waals surface area contributed by atoms with E-state index in [1.54, 1.807) is 0 Å². The molecule has 96 valence electrons. The van der Waals surface area contributed by atoms with E-state index < -0.39 is 0 Å². The van der Waals surface area contributed by atoms with Gasteiger partial charge in [-0.2, -0.15) is 0 Å². The summed E-state index contributed by atoms with van der Waals surface area (Å²) in [5.74, 6) is 0.336. The fourth-order valence-corrected chi connectivity index (χ4v) is 2.45. The molecule has 0 spiro atoms. The number of hydrogen-bond donors (Lipinski definition) is 1. The lowest BCUT2D eigenvalue weighted by Crippen LogP contribution is -2.02. The van der Waals surface area contributed by atoms with Gasteiger partial charge in [0.2, 0.25) is 5.95 Å². The number of nitrogen functional groups attached to an aromatic ring is 1. The molecule has 0 unspecified atom stereocenters. The van der Waals surface area contributed by atoms with Gasteiger partial charge in [0.1, 0.15) is 0 Å². The molecule has 2 heterocycles. The van der Waals surface area contributed by atoms with E-state index in [9.17, 15) is 0 Å². The van der Waals surface area contributed by atoms with Crippen molar-refractivity contribution in [1.82, 2.24) is 9.97 Å². The Bertz CT molecular complexity index is 674. The van der Waals surface area contributed by atoms with E-state index >= 15 is 0 Å². The maximum atomic E-state index is 5.79. The summed E-state index contributed by atoms with van der Waals surface area (Å²) in [4.78, 5) is 12.9. The Balaban J connectivity index is 2.17. The van der Waals surface area contributed by atoms with E-state index in [-0.39, 0.29) is 0 Å². The van der Waals surface area contributed by atoms with Gasteiger partial charge in [0.25, 0.3) is 0 Å². The highest BCUT2D eigenvalue weighted by Gasteiger charge is 2.14. The lowest BCUT2D eigenvalue weighted by atomic mass is 9.96. The number of aliphatic imine (C=N–C) groups is 1. The van der Waals surface area contributed by atoms with Crippen molar-refractivity contribution in [3.05, 3.63) is 40.6 Å². The molecule has 0 bridgehead atoms. The first-order valence-electron chi connectivity index (χ1n) is 6.45. The Morgan fingerprint density at radius 1 is 1.26 bits per heavy atom. The summed E-state index contributed by atoms with van der Waals surface area (Å²) in [7, 11) is 0. The predicted molar refractivity (Wildman–Crippen MR) is 77.3 cm³/mol. The van der Waals surface area contributed by atoms with E-state index in [1.807, 2.05) is 12.3 Å². The van der Waals surface area contributed by atoms with E-state index in [4.69, 9.17) is 5.73 Å². The minimum atomic E-state index is 0.336. The van der Waals surface area contributed by atoms with Crippen molar-refractivity contribution >= 4 is 12.2 Å². The van der Waals surface area contributed by atoms with Gasteiger partial charge in [0, 0.05) is 23.0 Å². The molecule has 1 aliphatic rings. The number of benzene rings is 1. The number of hydrogen-bond acceptors (Lipinski definition) is 4. The van der Waals surface area contributed by atoms with Crippen LogP contribution in [-0.4, -0.2) is 16.2 Å². The van der Waals surface area contributed by atoms with Gasteiger partial charge in [-0.3, -0.25) is 4.99 Å². The standard InChI is InChI=1S/C15H16N4/c1-3-11-6-14(19-15(16)18-11)12-5-4-10-7-17-8-13(10)9(12)2/h4-6,8H,3,7H2,1-2H3,(H2,16,18,19). The minimum Gasteiger partial charge on any atom is -0.368 e. The Morgan fingerprint density at radius 3 is 2.89 bits per heavy atom. The number of anilines is 1.